The van der Waals surface area contributed by atoms with E-state index in [1.54, 1.807) is 0 Å². The summed E-state index contributed by atoms with van der Waals surface area (Å²) in [5, 5.41) is 0. The molecule has 0 heterocycles. The molecule has 0 N–H and O–H groups in total. The monoisotopic (exact) mass is 416 g/mol. The molecule has 0 atom stereocenters. The third-order valence-electron chi connectivity index (χ3n) is 2.96. The summed E-state index contributed by atoms with van der Waals surface area (Å²) in [6.45, 7) is 0. The minimum Gasteiger partial charge on any atom is -0.183 e. The Kier molecular flexibility index (Phi) is 7.64. The van der Waals surface area contributed by atoms with Crippen LogP contribution in [0.2, 0.25) is 0 Å². The van der Waals surface area contributed by atoms with Crippen molar-refractivity contribution in [1.82, 2.24) is 0 Å². The van der Waals surface area contributed by atoms with Gasteiger partial charge in [-0.3, -0.25) is 0 Å². The first-order valence-electron chi connectivity index (χ1n) is 6.42. The number of hydrogen-bond donors (Lipinski definition) is 0. The third-order valence-corrected chi connectivity index (χ3v) is 2.96. The van der Waals surface area contributed by atoms with Gasteiger partial charge in [-0.25, -0.2) is 0 Å². The van der Waals surface area contributed by atoms with E-state index in [4.69, 9.17) is 0 Å². The predicted molar refractivity (Wildman–Crippen MR) is 74.8 cm³/mol. The Morgan fingerprint density at radius 1 is 0.833 bits per heavy atom. The van der Waals surface area contributed by atoms with Crippen LogP contribution in [0.15, 0.2) is 48.6 Å². The summed E-state index contributed by atoms with van der Waals surface area (Å²) in [4.78, 5) is 0. The van der Waals surface area contributed by atoms with Gasteiger partial charge in [0.25, 0.3) is 0 Å². The maximum absolute atomic E-state index is 3.04. The molecule has 0 spiro atoms. The zero-order valence-corrected chi connectivity index (χ0v) is 13.0. The van der Waals surface area contributed by atoms with Crippen LogP contribution < -0.4 is 0 Å². The maximum atomic E-state index is 3.04. The van der Waals surface area contributed by atoms with E-state index in [0.717, 1.165) is 6.42 Å². The number of rotatable bonds is 0. The maximum Gasteiger partial charge on any atom is 0 e. The van der Waals surface area contributed by atoms with Crippen molar-refractivity contribution in [2.45, 2.75) is 32.1 Å². The van der Waals surface area contributed by atoms with Gasteiger partial charge in [0.2, 0.25) is 0 Å². The van der Waals surface area contributed by atoms with E-state index in [1.165, 1.54) is 36.8 Å². The molecule has 18 heavy (non-hydrogen) atoms. The number of benzene rings is 1. The van der Waals surface area contributed by atoms with Gasteiger partial charge in [-0.1, -0.05) is 30.4 Å². The van der Waals surface area contributed by atoms with Crippen molar-refractivity contribution in [2.24, 2.45) is 0 Å². The summed E-state index contributed by atoms with van der Waals surface area (Å²) in [7, 11) is 0. The molecule has 0 nitrogen and oxygen atoms in total. The topological polar surface area (TPSA) is 0 Å². The summed E-state index contributed by atoms with van der Waals surface area (Å²) in [6.07, 6.45) is 19.4. The molecular formula is C17H19Ir-. The number of fused-ring (bicyclic) bond motifs is 1. The van der Waals surface area contributed by atoms with Crippen molar-refractivity contribution < 1.29 is 20.1 Å². The molecule has 0 unspecified atom stereocenters. The molecule has 0 aromatic heterocycles. The zero-order chi connectivity index (χ0) is 11.8. The zero-order valence-electron chi connectivity index (χ0n) is 10.6. The second-order valence-electron chi connectivity index (χ2n) is 4.33. The number of hydrogen-bond acceptors (Lipinski definition) is 0. The third kappa shape index (κ3) is 5.16. The van der Waals surface area contributed by atoms with Crippen LogP contribution in [0.25, 0.3) is 6.08 Å². The fourth-order valence-corrected chi connectivity index (χ4v) is 1.99. The quantitative estimate of drug-likeness (QED) is 0.425. The minimum absolute atomic E-state index is 0. The van der Waals surface area contributed by atoms with Crippen LogP contribution in [0.4, 0.5) is 0 Å². The summed E-state index contributed by atoms with van der Waals surface area (Å²) in [5.41, 5.74) is 2.76. The van der Waals surface area contributed by atoms with Gasteiger partial charge in [0, 0.05) is 20.1 Å². The van der Waals surface area contributed by atoms with Gasteiger partial charge in [0.05, 0.1) is 0 Å². The summed E-state index contributed by atoms with van der Waals surface area (Å²) in [5.74, 6) is 0. The average molecular weight is 416 g/mol. The Hall–Kier alpha value is -0.911. The van der Waals surface area contributed by atoms with Crippen LogP contribution >= 0.6 is 0 Å². The van der Waals surface area contributed by atoms with E-state index in [2.05, 4.69) is 48.6 Å². The standard InChI is InChI=1S/C9H7.C8H12.Ir/c1-2-5-9-7-3-6-8(9)4-1;1-2-4-6-8-7-5-3-1;/h1,3-5,7H,6H2;1-2,7-8H,3-6H2;/q-1;;. The van der Waals surface area contributed by atoms with Crippen molar-refractivity contribution in [2.75, 3.05) is 0 Å². The average Bonchev–Trinajstić information content (AvgIpc) is 2.76. The molecule has 1 aromatic carbocycles. The van der Waals surface area contributed by atoms with Crippen LogP contribution in [0.3, 0.4) is 0 Å². The fraction of sp³-hybridized carbons (Fsp3) is 0.294. The Morgan fingerprint density at radius 3 is 2.00 bits per heavy atom. The molecule has 1 aromatic rings. The van der Waals surface area contributed by atoms with Gasteiger partial charge in [-0.2, -0.15) is 24.3 Å². The Labute approximate surface area is 124 Å². The second-order valence-corrected chi connectivity index (χ2v) is 4.33. The molecular weight excluding hydrogens is 396 g/mol. The van der Waals surface area contributed by atoms with E-state index in [9.17, 15) is 0 Å². The van der Waals surface area contributed by atoms with Gasteiger partial charge in [-0.05, 0) is 32.1 Å². The molecule has 0 amide bonds. The van der Waals surface area contributed by atoms with Crippen LogP contribution in [-0.4, -0.2) is 0 Å². The van der Waals surface area contributed by atoms with E-state index in [1.807, 2.05) is 12.1 Å². The van der Waals surface area contributed by atoms with E-state index < -0.39 is 0 Å². The van der Waals surface area contributed by atoms with Crippen LogP contribution in [0.1, 0.15) is 36.8 Å². The van der Waals surface area contributed by atoms with Gasteiger partial charge >= 0.3 is 0 Å². The van der Waals surface area contributed by atoms with Crippen molar-refractivity contribution in [3.8, 4) is 0 Å². The first-order chi connectivity index (χ1) is 8.47. The molecule has 3 rings (SSSR count). The van der Waals surface area contributed by atoms with Gasteiger partial charge < -0.3 is 0 Å². The van der Waals surface area contributed by atoms with Crippen molar-refractivity contribution in [3.63, 3.8) is 0 Å². The van der Waals surface area contributed by atoms with Crippen molar-refractivity contribution in [3.05, 3.63) is 65.8 Å². The first-order valence-corrected chi connectivity index (χ1v) is 6.42. The molecule has 0 saturated carbocycles. The molecule has 1 heteroatoms. The van der Waals surface area contributed by atoms with Crippen molar-refractivity contribution in [1.29, 1.82) is 0 Å². The normalized spacial score (nSPS) is 15.8. The largest absolute Gasteiger partial charge is 0.183 e. The molecule has 2 aliphatic carbocycles. The predicted octanol–water partition coefficient (Wildman–Crippen LogP) is 4.73. The molecule has 97 valence electrons. The molecule has 0 fully saturated rings. The van der Waals surface area contributed by atoms with E-state index in [-0.39, 0.29) is 20.1 Å². The smallest absolute Gasteiger partial charge is 0 e. The fourth-order valence-electron chi connectivity index (χ4n) is 1.99. The molecule has 0 bridgehead atoms. The Morgan fingerprint density at radius 2 is 1.44 bits per heavy atom. The summed E-state index contributed by atoms with van der Waals surface area (Å²) >= 11 is 0. The first kappa shape index (κ1) is 15.1. The van der Waals surface area contributed by atoms with E-state index >= 15 is 0 Å². The number of allylic oxidation sites excluding steroid dienone is 5. The minimum atomic E-state index is 0. The Bertz CT molecular complexity index is 401. The summed E-state index contributed by atoms with van der Waals surface area (Å²) < 4.78 is 0. The summed E-state index contributed by atoms with van der Waals surface area (Å²) in [6, 6.07) is 9.15. The molecule has 0 saturated heterocycles. The van der Waals surface area contributed by atoms with Crippen LogP contribution in [0.5, 0.6) is 0 Å². The van der Waals surface area contributed by atoms with Crippen LogP contribution in [0, 0.1) is 6.07 Å². The van der Waals surface area contributed by atoms with Crippen LogP contribution in [-0.2, 0) is 26.5 Å². The van der Waals surface area contributed by atoms with Gasteiger partial charge in [-0.15, -0.1) is 17.2 Å². The Balaban J connectivity index is 0.000000172. The SMILES string of the molecule is C1=CCCC=CCC1.[Ir].[c-]1ccc2c(c1)C=CC2. The molecule has 0 aliphatic heterocycles. The van der Waals surface area contributed by atoms with Gasteiger partial charge in [0.15, 0.2) is 0 Å². The molecule has 1 radical (unpaired) electrons. The van der Waals surface area contributed by atoms with Gasteiger partial charge in [0.1, 0.15) is 0 Å². The second kappa shape index (κ2) is 9.08. The molecule has 2 aliphatic rings. The van der Waals surface area contributed by atoms with Crippen molar-refractivity contribution >= 4 is 6.08 Å². The van der Waals surface area contributed by atoms with E-state index in [0.29, 0.717) is 0 Å².